The normalized spacial score (nSPS) is 14.0. The van der Waals surface area contributed by atoms with Crippen molar-refractivity contribution in [2.45, 2.75) is 168 Å². The van der Waals surface area contributed by atoms with Gasteiger partial charge >= 0.3 is 19.8 Å². The van der Waals surface area contributed by atoms with Crippen LogP contribution in [0.5, 0.6) is 0 Å². The maximum absolute atomic E-state index is 12.5. The Morgan fingerprint density at radius 1 is 0.577 bits per heavy atom. The summed E-state index contributed by atoms with van der Waals surface area (Å²) in [6.45, 7) is 3.60. The molecule has 0 fully saturated rings. The van der Waals surface area contributed by atoms with Crippen LogP contribution in [0, 0.1) is 0 Å². The zero-order valence-electron chi connectivity index (χ0n) is 32.8. The van der Waals surface area contributed by atoms with Crippen molar-refractivity contribution in [1.82, 2.24) is 0 Å². The van der Waals surface area contributed by atoms with Gasteiger partial charge in [-0.15, -0.1) is 0 Å². The largest absolute Gasteiger partial charge is 0.472 e. The second kappa shape index (κ2) is 38.4. The van der Waals surface area contributed by atoms with E-state index in [1.807, 2.05) is 12.2 Å². The van der Waals surface area contributed by atoms with Gasteiger partial charge in [-0.3, -0.25) is 18.6 Å². The summed E-state index contributed by atoms with van der Waals surface area (Å²) >= 11 is 0. The summed E-state index contributed by atoms with van der Waals surface area (Å²) in [5.41, 5.74) is 5.33. The molecule has 52 heavy (non-hydrogen) atoms. The summed E-state index contributed by atoms with van der Waals surface area (Å²) in [6.07, 6.45) is 44.1. The number of allylic oxidation sites excluding steroid dienone is 10. The van der Waals surface area contributed by atoms with Crippen molar-refractivity contribution >= 4 is 19.8 Å². The smallest absolute Gasteiger partial charge is 0.462 e. The highest BCUT2D eigenvalue weighted by Gasteiger charge is 2.25. The minimum Gasteiger partial charge on any atom is -0.462 e. The van der Waals surface area contributed by atoms with Crippen molar-refractivity contribution < 1.29 is 37.6 Å². The molecule has 0 saturated carbocycles. The van der Waals surface area contributed by atoms with Crippen LogP contribution in [0.4, 0.5) is 0 Å². The van der Waals surface area contributed by atoms with E-state index in [-0.39, 0.29) is 32.6 Å². The first-order valence-electron chi connectivity index (χ1n) is 20.3. The molecule has 2 atom stereocenters. The number of hydrogen-bond donors (Lipinski definition) is 2. The van der Waals surface area contributed by atoms with Crippen molar-refractivity contribution in [2.75, 3.05) is 26.4 Å². The molecule has 0 aromatic heterocycles. The number of phosphoric ester groups is 1. The highest BCUT2D eigenvalue weighted by Crippen LogP contribution is 2.43. The summed E-state index contributed by atoms with van der Waals surface area (Å²) < 4.78 is 32.6. The Hall–Kier alpha value is -2.29. The molecule has 0 aliphatic carbocycles. The predicted molar refractivity (Wildman–Crippen MR) is 215 cm³/mol. The van der Waals surface area contributed by atoms with Crippen molar-refractivity contribution in [1.29, 1.82) is 0 Å². The van der Waals surface area contributed by atoms with Gasteiger partial charge in [0, 0.05) is 19.4 Å². The number of esters is 2. The summed E-state index contributed by atoms with van der Waals surface area (Å²) in [7, 11) is -4.39. The molecule has 0 spiro atoms. The van der Waals surface area contributed by atoms with Gasteiger partial charge in [-0.1, -0.05) is 158 Å². The first kappa shape index (κ1) is 49.7. The van der Waals surface area contributed by atoms with Gasteiger partial charge < -0.3 is 20.1 Å². The maximum Gasteiger partial charge on any atom is 0.472 e. The summed E-state index contributed by atoms with van der Waals surface area (Å²) in [6, 6.07) is 0. The van der Waals surface area contributed by atoms with E-state index in [0.29, 0.717) is 6.42 Å². The van der Waals surface area contributed by atoms with Gasteiger partial charge in [0.2, 0.25) is 0 Å². The number of unbranched alkanes of at least 4 members (excludes halogenated alkanes) is 14. The number of carbonyl (C=O) groups excluding carboxylic acids is 2. The second-order valence-electron chi connectivity index (χ2n) is 13.2. The predicted octanol–water partition coefficient (Wildman–Crippen LogP) is 11.3. The molecule has 1 unspecified atom stereocenters. The van der Waals surface area contributed by atoms with E-state index in [1.165, 1.54) is 83.5 Å². The number of carbonyl (C=O) groups is 2. The lowest BCUT2D eigenvalue weighted by atomic mass is 10.0. The molecule has 3 N–H and O–H groups in total. The Balaban J connectivity index is 4.34. The number of rotatable bonds is 37. The van der Waals surface area contributed by atoms with Gasteiger partial charge in [0.1, 0.15) is 6.61 Å². The monoisotopic (exact) mass is 752 g/mol. The molecule has 9 nitrogen and oxygen atoms in total. The van der Waals surface area contributed by atoms with Gasteiger partial charge in [0.15, 0.2) is 6.10 Å². The Morgan fingerprint density at radius 2 is 1.04 bits per heavy atom. The SMILES string of the molecule is CCCCC/C=C\C/C=C\C/C=C\C/C=C\C/C=C\CCC(=O)O[C@H](COC(=O)CCCCCCCCCCCCCC)COP(=O)(O)OCCN. The van der Waals surface area contributed by atoms with Gasteiger partial charge in [0.05, 0.1) is 13.2 Å². The van der Waals surface area contributed by atoms with Crippen LogP contribution in [0.2, 0.25) is 0 Å². The van der Waals surface area contributed by atoms with Crippen LogP contribution in [-0.4, -0.2) is 49.3 Å². The van der Waals surface area contributed by atoms with Gasteiger partial charge in [0.25, 0.3) is 0 Å². The Kier molecular flexibility index (Phi) is 36.7. The van der Waals surface area contributed by atoms with Crippen LogP contribution in [0.3, 0.4) is 0 Å². The molecule has 0 heterocycles. The molecule has 0 amide bonds. The van der Waals surface area contributed by atoms with Crippen LogP contribution >= 0.6 is 7.82 Å². The number of ether oxygens (including phenoxy) is 2. The fourth-order valence-electron chi connectivity index (χ4n) is 5.15. The van der Waals surface area contributed by atoms with Crippen LogP contribution in [0.25, 0.3) is 0 Å². The van der Waals surface area contributed by atoms with E-state index in [2.05, 4.69) is 62.5 Å². The fraction of sp³-hybridized carbons (Fsp3) is 0.714. The average Bonchev–Trinajstić information content (AvgIpc) is 3.13. The minimum atomic E-state index is -4.39. The van der Waals surface area contributed by atoms with E-state index >= 15 is 0 Å². The van der Waals surface area contributed by atoms with Crippen molar-refractivity contribution in [2.24, 2.45) is 5.73 Å². The summed E-state index contributed by atoms with van der Waals surface area (Å²) in [4.78, 5) is 34.7. The van der Waals surface area contributed by atoms with Crippen LogP contribution in [0.1, 0.15) is 162 Å². The molecule has 300 valence electrons. The minimum absolute atomic E-state index is 0.0407. The zero-order valence-corrected chi connectivity index (χ0v) is 33.7. The van der Waals surface area contributed by atoms with E-state index in [0.717, 1.165) is 44.9 Å². The lowest BCUT2D eigenvalue weighted by molar-refractivity contribution is -0.161. The first-order chi connectivity index (χ1) is 25.3. The summed E-state index contributed by atoms with van der Waals surface area (Å²) in [5.74, 6) is -0.928. The molecule has 0 radical (unpaired) electrons. The molecule has 0 aliphatic rings. The van der Waals surface area contributed by atoms with Gasteiger partial charge in [-0.2, -0.15) is 0 Å². The van der Waals surface area contributed by atoms with Crippen LogP contribution < -0.4 is 5.73 Å². The lowest BCUT2D eigenvalue weighted by Crippen LogP contribution is -2.29. The molecule has 10 heteroatoms. The lowest BCUT2D eigenvalue weighted by Gasteiger charge is -2.19. The van der Waals surface area contributed by atoms with Crippen molar-refractivity contribution in [3.63, 3.8) is 0 Å². The number of hydrogen-bond acceptors (Lipinski definition) is 8. The maximum atomic E-state index is 12.5. The van der Waals surface area contributed by atoms with Crippen molar-refractivity contribution in [3.05, 3.63) is 60.8 Å². The molecular weight excluding hydrogens is 677 g/mol. The topological polar surface area (TPSA) is 134 Å². The Labute approximate surface area is 317 Å². The third-order valence-electron chi connectivity index (χ3n) is 8.17. The van der Waals surface area contributed by atoms with E-state index in [9.17, 15) is 19.0 Å². The van der Waals surface area contributed by atoms with E-state index in [4.69, 9.17) is 24.3 Å². The second-order valence-corrected chi connectivity index (χ2v) is 14.6. The van der Waals surface area contributed by atoms with Gasteiger partial charge in [-0.05, 0) is 51.4 Å². The fourth-order valence-corrected chi connectivity index (χ4v) is 5.91. The van der Waals surface area contributed by atoms with Crippen molar-refractivity contribution in [3.8, 4) is 0 Å². The van der Waals surface area contributed by atoms with Gasteiger partial charge in [-0.25, -0.2) is 4.57 Å². The molecular formula is C42H74NO8P. The van der Waals surface area contributed by atoms with Crippen LogP contribution in [0.15, 0.2) is 60.8 Å². The molecule has 0 rings (SSSR count). The molecule has 0 aromatic carbocycles. The molecule has 0 bridgehead atoms. The molecule has 0 aromatic rings. The van der Waals surface area contributed by atoms with E-state index in [1.54, 1.807) is 0 Å². The third kappa shape index (κ3) is 37.5. The highest BCUT2D eigenvalue weighted by atomic mass is 31.2. The highest BCUT2D eigenvalue weighted by molar-refractivity contribution is 7.47. The third-order valence-corrected chi connectivity index (χ3v) is 9.15. The number of phosphoric acid groups is 1. The molecule has 0 saturated heterocycles. The Bertz CT molecular complexity index is 1040. The number of nitrogens with two attached hydrogens (primary N) is 1. The summed E-state index contributed by atoms with van der Waals surface area (Å²) in [5, 5.41) is 0. The average molecular weight is 752 g/mol. The van der Waals surface area contributed by atoms with E-state index < -0.39 is 32.5 Å². The molecule has 0 aliphatic heterocycles. The Morgan fingerprint density at radius 3 is 1.56 bits per heavy atom. The first-order valence-corrected chi connectivity index (χ1v) is 21.8. The zero-order chi connectivity index (χ0) is 38.2. The standard InChI is InChI=1S/C42H74NO8P/c1-3-5-7-9-11-13-15-17-18-19-20-21-22-23-25-27-29-31-33-35-42(45)51-40(39-50-52(46,47)49-37-36-43)38-48-41(44)34-32-30-28-26-24-16-14-12-10-8-6-4-2/h11,13,17-18,20-21,23,25,29,31,40H,3-10,12,14-16,19,22,24,26-28,30,32-39,43H2,1-2H3,(H,46,47)/b13-11-,18-17-,21-20-,25-23-,31-29-/t40-/m1/s1. The van der Waals surface area contributed by atoms with Crippen LogP contribution in [-0.2, 0) is 32.7 Å². The quantitative estimate of drug-likeness (QED) is 0.0275.